The van der Waals surface area contributed by atoms with Crippen LogP contribution in [0.4, 0.5) is 5.69 Å². The number of amides is 1. The molecule has 5 heteroatoms. The first-order chi connectivity index (χ1) is 11.0. The molecule has 0 aliphatic rings. The number of nitrogens with one attached hydrogen (secondary N) is 1. The number of nitrogens with zero attached hydrogens (tertiary/aromatic N) is 1. The Bertz CT molecular complexity index is 815. The highest BCUT2D eigenvalue weighted by Crippen LogP contribution is 2.18. The Morgan fingerprint density at radius 1 is 1.13 bits per heavy atom. The lowest BCUT2D eigenvalue weighted by molar-refractivity contribution is -0.112. The van der Waals surface area contributed by atoms with Crippen molar-refractivity contribution in [3.8, 4) is 11.8 Å². The van der Waals surface area contributed by atoms with Crippen molar-refractivity contribution in [1.29, 1.82) is 5.26 Å². The molecule has 0 saturated heterocycles. The number of phenolic OH excluding ortho intramolecular Hbond substituents is 1. The Balaban J connectivity index is 2.27. The summed E-state index contributed by atoms with van der Waals surface area (Å²) in [4.78, 5) is 23.8. The molecular formula is C18H14N2O3. The summed E-state index contributed by atoms with van der Waals surface area (Å²) in [6.07, 6.45) is 1.41. The van der Waals surface area contributed by atoms with Crippen LogP contribution in [0.15, 0.2) is 54.1 Å². The number of para-hydroxylation sites is 1. The minimum absolute atomic E-state index is 0.0977. The predicted molar refractivity (Wildman–Crippen MR) is 86.8 cm³/mol. The molecule has 2 rings (SSSR count). The molecule has 2 aromatic carbocycles. The lowest BCUT2D eigenvalue weighted by Crippen LogP contribution is -2.15. The predicted octanol–water partition coefficient (Wildman–Crippen LogP) is 3.14. The molecule has 0 aliphatic heterocycles. The van der Waals surface area contributed by atoms with E-state index >= 15 is 0 Å². The third kappa shape index (κ3) is 4.05. The van der Waals surface area contributed by atoms with Crippen LogP contribution in [0.25, 0.3) is 6.08 Å². The number of ketones is 1. The van der Waals surface area contributed by atoms with Crippen molar-refractivity contribution in [1.82, 2.24) is 0 Å². The van der Waals surface area contributed by atoms with E-state index in [0.29, 0.717) is 16.8 Å². The minimum atomic E-state index is -0.603. The van der Waals surface area contributed by atoms with Gasteiger partial charge in [-0.15, -0.1) is 0 Å². The van der Waals surface area contributed by atoms with E-state index in [9.17, 15) is 20.0 Å². The number of carbonyl (C=O) groups excluding carboxylic acids is 2. The highest BCUT2D eigenvalue weighted by atomic mass is 16.3. The van der Waals surface area contributed by atoms with E-state index in [4.69, 9.17) is 0 Å². The third-order valence-electron chi connectivity index (χ3n) is 3.12. The number of nitriles is 1. The second-order valence-electron chi connectivity index (χ2n) is 4.82. The van der Waals surface area contributed by atoms with Gasteiger partial charge in [0.05, 0.1) is 5.69 Å². The SMILES string of the molecule is CC(=O)c1ccccc1NC(=O)/C(C#N)=C\c1ccc(O)cc1. The Labute approximate surface area is 133 Å². The zero-order valence-electron chi connectivity index (χ0n) is 12.4. The lowest BCUT2D eigenvalue weighted by Gasteiger charge is -2.08. The highest BCUT2D eigenvalue weighted by Gasteiger charge is 2.13. The maximum Gasteiger partial charge on any atom is 0.266 e. The van der Waals surface area contributed by atoms with Crippen molar-refractivity contribution in [2.24, 2.45) is 0 Å². The van der Waals surface area contributed by atoms with Crippen LogP contribution in [0.3, 0.4) is 0 Å². The van der Waals surface area contributed by atoms with Crippen LogP contribution >= 0.6 is 0 Å². The van der Waals surface area contributed by atoms with Crippen LogP contribution in [0.2, 0.25) is 0 Å². The Morgan fingerprint density at radius 2 is 1.78 bits per heavy atom. The molecule has 0 fully saturated rings. The van der Waals surface area contributed by atoms with E-state index in [2.05, 4.69) is 5.32 Å². The number of anilines is 1. The molecule has 0 aromatic heterocycles. The topological polar surface area (TPSA) is 90.2 Å². The van der Waals surface area contributed by atoms with E-state index in [1.165, 1.54) is 25.1 Å². The van der Waals surface area contributed by atoms with E-state index in [0.717, 1.165) is 0 Å². The van der Waals surface area contributed by atoms with Crippen LogP contribution in [0.1, 0.15) is 22.8 Å². The first kappa shape index (κ1) is 16.0. The molecule has 0 unspecified atom stereocenters. The standard InChI is InChI=1S/C18H14N2O3/c1-12(21)16-4-2-3-5-17(16)20-18(23)14(11-19)10-13-6-8-15(22)9-7-13/h2-10,22H,1H3,(H,20,23)/b14-10-. The van der Waals surface area contributed by atoms with Crippen molar-refractivity contribution in [2.75, 3.05) is 5.32 Å². The molecule has 0 radical (unpaired) electrons. The molecule has 114 valence electrons. The highest BCUT2D eigenvalue weighted by molar-refractivity contribution is 6.12. The fraction of sp³-hybridized carbons (Fsp3) is 0.0556. The number of hydrogen-bond donors (Lipinski definition) is 2. The van der Waals surface area contributed by atoms with E-state index in [1.807, 2.05) is 6.07 Å². The van der Waals surface area contributed by atoms with Gasteiger partial charge in [0.25, 0.3) is 5.91 Å². The summed E-state index contributed by atoms with van der Waals surface area (Å²) in [6, 6.07) is 14.5. The molecule has 0 aliphatic carbocycles. The van der Waals surface area contributed by atoms with Gasteiger partial charge in [-0.1, -0.05) is 24.3 Å². The van der Waals surface area contributed by atoms with Gasteiger partial charge in [-0.2, -0.15) is 5.26 Å². The third-order valence-corrected chi connectivity index (χ3v) is 3.12. The van der Waals surface area contributed by atoms with Gasteiger partial charge in [-0.05, 0) is 42.8 Å². The molecule has 0 heterocycles. The zero-order chi connectivity index (χ0) is 16.8. The van der Waals surface area contributed by atoms with Crippen LogP contribution in [0, 0.1) is 11.3 Å². The number of rotatable bonds is 4. The van der Waals surface area contributed by atoms with E-state index in [1.54, 1.807) is 36.4 Å². The summed E-state index contributed by atoms with van der Waals surface area (Å²) < 4.78 is 0. The first-order valence-electron chi connectivity index (χ1n) is 6.83. The van der Waals surface area contributed by atoms with Crippen molar-refractivity contribution in [3.63, 3.8) is 0 Å². The maximum absolute atomic E-state index is 12.2. The molecule has 5 nitrogen and oxygen atoms in total. The van der Waals surface area contributed by atoms with Crippen molar-refractivity contribution < 1.29 is 14.7 Å². The zero-order valence-corrected chi connectivity index (χ0v) is 12.4. The maximum atomic E-state index is 12.2. The number of Topliss-reactive ketones (excluding diaryl/α,β-unsaturated/α-hetero) is 1. The van der Waals surface area contributed by atoms with Gasteiger partial charge in [0.2, 0.25) is 0 Å². The smallest absolute Gasteiger partial charge is 0.266 e. The largest absolute Gasteiger partial charge is 0.508 e. The number of benzene rings is 2. The quantitative estimate of drug-likeness (QED) is 0.516. The molecule has 1 amide bonds. The molecule has 23 heavy (non-hydrogen) atoms. The lowest BCUT2D eigenvalue weighted by atomic mass is 10.1. The molecule has 0 saturated carbocycles. The molecular weight excluding hydrogens is 292 g/mol. The molecule has 0 bridgehead atoms. The van der Waals surface area contributed by atoms with Gasteiger partial charge in [0.1, 0.15) is 17.4 Å². The summed E-state index contributed by atoms with van der Waals surface area (Å²) in [7, 11) is 0. The van der Waals surface area contributed by atoms with Gasteiger partial charge in [-0.25, -0.2) is 0 Å². The first-order valence-corrected chi connectivity index (χ1v) is 6.83. The molecule has 2 aromatic rings. The number of hydrogen-bond acceptors (Lipinski definition) is 4. The van der Waals surface area contributed by atoms with Crippen LogP contribution in [0.5, 0.6) is 5.75 Å². The monoisotopic (exact) mass is 306 g/mol. The normalized spacial score (nSPS) is 10.7. The second-order valence-corrected chi connectivity index (χ2v) is 4.82. The fourth-order valence-electron chi connectivity index (χ4n) is 1.97. The second kappa shape index (κ2) is 7.05. The summed E-state index contributed by atoms with van der Waals surface area (Å²) in [5.41, 5.74) is 1.24. The Hall–Kier alpha value is -3.39. The van der Waals surface area contributed by atoms with Crippen LogP contribution in [-0.4, -0.2) is 16.8 Å². The Morgan fingerprint density at radius 3 is 2.39 bits per heavy atom. The number of aromatic hydroxyl groups is 1. The van der Waals surface area contributed by atoms with Gasteiger partial charge in [0, 0.05) is 5.56 Å². The van der Waals surface area contributed by atoms with Gasteiger partial charge in [0.15, 0.2) is 5.78 Å². The average molecular weight is 306 g/mol. The van der Waals surface area contributed by atoms with Crippen LogP contribution in [-0.2, 0) is 4.79 Å². The van der Waals surface area contributed by atoms with E-state index < -0.39 is 5.91 Å². The number of carbonyl (C=O) groups is 2. The summed E-state index contributed by atoms with van der Waals surface area (Å²) in [5.74, 6) is -0.684. The van der Waals surface area contributed by atoms with Gasteiger partial charge >= 0.3 is 0 Å². The average Bonchev–Trinajstić information content (AvgIpc) is 2.54. The molecule has 2 N–H and O–H groups in total. The van der Waals surface area contributed by atoms with Gasteiger partial charge in [-0.3, -0.25) is 9.59 Å². The van der Waals surface area contributed by atoms with Crippen molar-refractivity contribution >= 4 is 23.5 Å². The minimum Gasteiger partial charge on any atom is -0.508 e. The summed E-state index contributed by atoms with van der Waals surface area (Å²) >= 11 is 0. The van der Waals surface area contributed by atoms with Crippen molar-refractivity contribution in [2.45, 2.75) is 6.92 Å². The summed E-state index contributed by atoms with van der Waals surface area (Å²) in [5, 5.41) is 21.0. The number of phenols is 1. The molecule has 0 spiro atoms. The molecule has 0 atom stereocenters. The summed E-state index contributed by atoms with van der Waals surface area (Å²) in [6.45, 7) is 1.41. The van der Waals surface area contributed by atoms with Crippen LogP contribution < -0.4 is 5.32 Å². The fourth-order valence-corrected chi connectivity index (χ4v) is 1.97. The van der Waals surface area contributed by atoms with Crippen molar-refractivity contribution in [3.05, 3.63) is 65.2 Å². The Kier molecular flexibility index (Phi) is 4.90. The van der Waals surface area contributed by atoms with E-state index in [-0.39, 0.29) is 17.1 Å². The van der Waals surface area contributed by atoms with Gasteiger partial charge < -0.3 is 10.4 Å².